The molecule has 0 spiro atoms. The Morgan fingerprint density at radius 1 is 0.935 bits per heavy atom. The summed E-state index contributed by atoms with van der Waals surface area (Å²) >= 11 is 0. The van der Waals surface area contributed by atoms with E-state index < -0.39 is 0 Å². The predicted molar refractivity (Wildman–Crippen MR) is 118 cm³/mol. The summed E-state index contributed by atoms with van der Waals surface area (Å²) in [5, 5.41) is 8.50. The van der Waals surface area contributed by atoms with Gasteiger partial charge in [0.05, 0.1) is 18.8 Å². The second-order valence-electron chi connectivity index (χ2n) is 8.39. The standard InChI is InChI=1S/C24H27N5O2/c1-17-3-7-19(8-4-17)22-15-29-21(16-31-22)23(25-26-29)24(30)28-13-11-27(12-14-28)20-9-5-18(2)6-10-20/h3-10,22H,11-16H2,1-2H3/t22-/m1/s1. The molecular formula is C24H27N5O2. The third-order valence-electron chi connectivity index (χ3n) is 6.22. The molecule has 0 unspecified atom stereocenters. The molecule has 1 fully saturated rings. The van der Waals surface area contributed by atoms with E-state index in [0.29, 0.717) is 31.9 Å². The molecular weight excluding hydrogens is 390 g/mol. The van der Waals surface area contributed by atoms with Crippen LogP contribution >= 0.6 is 0 Å². The first-order valence-electron chi connectivity index (χ1n) is 10.8. The molecule has 7 nitrogen and oxygen atoms in total. The second-order valence-corrected chi connectivity index (χ2v) is 8.39. The zero-order chi connectivity index (χ0) is 21.4. The average Bonchev–Trinajstić information content (AvgIpc) is 3.23. The number of aromatic nitrogens is 3. The smallest absolute Gasteiger partial charge is 0.276 e. The summed E-state index contributed by atoms with van der Waals surface area (Å²) in [5.74, 6) is -0.0535. The van der Waals surface area contributed by atoms with Gasteiger partial charge >= 0.3 is 0 Å². The molecule has 7 heteroatoms. The minimum Gasteiger partial charge on any atom is -0.368 e. The fraction of sp³-hybridized carbons (Fsp3) is 0.375. The van der Waals surface area contributed by atoms with Crippen molar-refractivity contribution in [1.29, 1.82) is 0 Å². The van der Waals surface area contributed by atoms with Gasteiger partial charge < -0.3 is 14.5 Å². The van der Waals surface area contributed by atoms with Gasteiger partial charge in [-0.25, -0.2) is 4.68 Å². The van der Waals surface area contributed by atoms with Crippen LogP contribution in [0.15, 0.2) is 48.5 Å². The van der Waals surface area contributed by atoms with Crippen LogP contribution in [0.3, 0.4) is 0 Å². The van der Waals surface area contributed by atoms with Crippen LogP contribution in [0.4, 0.5) is 5.69 Å². The number of fused-ring (bicyclic) bond motifs is 1. The fourth-order valence-electron chi connectivity index (χ4n) is 4.23. The SMILES string of the molecule is Cc1ccc([C@H]2Cn3nnc(C(=O)N4CCN(c5ccc(C)cc5)CC4)c3CO2)cc1. The molecule has 1 atom stereocenters. The van der Waals surface area contributed by atoms with Gasteiger partial charge in [-0.2, -0.15) is 0 Å². The highest BCUT2D eigenvalue weighted by atomic mass is 16.5. The summed E-state index contributed by atoms with van der Waals surface area (Å²) in [4.78, 5) is 17.3. The number of hydrogen-bond acceptors (Lipinski definition) is 5. The van der Waals surface area contributed by atoms with Gasteiger partial charge in [0.25, 0.3) is 5.91 Å². The third kappa shape index (κ3) is 3.93. The van der Waals surface area contributed by atoms with Gasteiger partial charge in [0, 0.05) is 31.9 Å². The van der Waals surface area contributed by atoms with Gasteiger partial charge in [0.15, 0.2) is 5.69 Å². The zero-order valence-electron chi connectivity index (χ0n) is 18.0. The number of benzene rings is 2. The van der Waals surface area contributed by atoms with Crippen molar-refractivity contribution in [2.45, 2.75) is 33.1 Å². The number of ether oxygens (including phenoxy) is 1. The van der Waals surface area contributed by atoms with Crippen molar-refractivity contribution in [3.63, 3.8) is 0 Å². The molecule has 0 N–H and O–H groups in total. The first kappa shape index (κ1) is 19.8. The number of carbonyl (C=O) groups is 1. The molecule has 160 valence electrons. The van der Waals surface area contributed by atoms with Gasteiger partial charge in [-0.3, -0.25) is 4.79 Å². The molecule has 2 aliphatic rings. The van der Waals surface area contributed by atoms with Crippen molar-refractivity contribution in [2.24, 2.45) is 0 Å². The summed E-state index contributed by atoms with van der Waals surface area (Å²) in [6.07, 6.45) is -0.0733. The van der Waals surface area contributed by atoms with E-state index >= 15 is 0 Å². The third-order valence-corrected chi connectivity index (χ3v) is 6.22. The molecule has 1 saturated heterocycles. The molecule has 5 rings (SSSR count). The van der Waals surface area contributed by atoms with Crippen molar-refractivity contribution in [3.8, 4) is 0 Å². The van der Waals surface area contributed by atoms with Gasteiger partial charge in [0.2, 0.25) is 0 Å². The molecule has 0 aliphatic carbocycles. The van der Waals surface area contributed by atoms with Crippen LogP contribution in [0.2, 0.25) is 0 Å². The quantitative estimate of drug-likeness (QED) is 0.655. The van der Waals surface area contributed by atoms with Gasteiger partial charge in [-0.15, -0.1) is 5.10 Å². The van der Waals surface area contributed by atoms with Crippen molar-refractivity contribution < 1.29 is 9.53 Å². The molecule has 1 amide bonds. The highest BCUT2D eigenvalue weighted by molar-refractivity contribution is 5.93. The maximum Gasteiger partial charge on any atom is 0.276 e. The largest absolute Gasteiger partial charge is 0.368 e. The Hall–Kier alpha value is -3.19. The Kier molecular flexibility index (Phi) is 5.19. The minimum absolute atomic E-state index is 0.0535. The number of amides is 1. The lowest BCUT2D eigenvalue weighted by Crippen LogP contribution is -2.49. The fourth-order valence-corrected chi connectivity index (χ4v) is 4.23. The minimum atomic E-state index is -0.0733. The second kappa shape index (κ2) is 8.15. The summed E-state index contributed by atoms with van der Waals surface area (Å²) in [6.45, 7) is 8.04. The normalized spacial score (nSPS) is 18.7. The number of piperazine rings is 1. The van der Waals surface area contributed by atoms with Crippen molar-refractivity contribution in [2.75, 3.05) is 31.1 Å². The lowest BCUT2D eigenvalue weighted by Gasteiger charge is -2.36. The summed E-state index contributed by atoms with van der Waals surface area (Å²) in [6, 6.07) is 16.9. The summed E-state index contributed by atoms with van der Waals surface area (Å²) < 4.78 is 7.89. The monoisotopic (exact) mass is 417 g/mol. The Morgan fingerprint density at radius 3 is 2.26 bits per heavy atom. The van der Waals surface area contributed by atoms with E-state index in [0.717, 1.165) is 24.3 Å². The Labute approximate surface area is 182 Å². The van der Waals surface area contributed by atoms with Crippen LogP contribution in [0.5, 0.6) is 0 Å². The highest BCUT2D eigenvalue weighted by Crippen LogP contribution is 2.28. The van der Waals surface area contributed by atoms with Crippen LogP contribution in [0, 0.1) is 13.8 Å². The Morgan fingerprint density at radius 2 is 1.58 bits per heavy atom. The molecule has 3 aromatic rings. The Bertz CT molecular complexity index is 1070. The average molecular weight is 418 g/mol. The molecule has 0 radical (unpaired) electrons. The van der Waals surface area contributed by atoms with Gasteiger partial charge in [-0.1, -0.05) is 52.7 Å². The summed E-state index contributed by atoms with van der Waals surface area (Å²) in [7, 11) is 0. The van der Waals surface area contributed by atoms with Crippen molar-refractivity contribution >= 4 is 11.6 Å². The number of anilines is 1. The van der Waals surface area contributed by atoms with Crippen LogP contribution in [-0.4, -0.2) is 52.0 Å². The predicted octanol–water partition coefficient (Wildman–Crippen LogP) is 3.13. The highest BCUT2D eigenvalue weighted by Gasteiger charge is 2.31. The number of aryl methyl sites for hydroxylation is 2. The topological polar surface area (TPSA) is 63.5 Å². The molecule has 3 heterocycles. The molecule has 2 aliphatic heterocycles. The van der Waals surface area contributed by atoms with Gasteiger partial charge in [-0.05, 0) is 31.5 Å². The molecule has 31 heavy (non-hydrogen) atoms. The Balaban J connectivity index is 1.24. The van der Waals surface area contributed by atoms with E-state index in [9.17, 15) is 4.79 Å². The number of carbonyl (C=O) groups excluding carboxylic acids is 1. The van der Waals surface area contributed by atoms with Crippen molar-refractivity contribution in [3.05, 3.63) is 76.6 Å². The lowest BCUT2D eigenvalue weighted by molar-refractivity contribution is -0.00196. The lowest BCUT2D eigenvalue weighted by atomic mass is 10.1. The van der Waals surface area contributed by atoms with E-state index in [1.807, 2.05) is 9.58 Å². The first-order chi connectivity index (χ1) is 15.1. The maximum atomic E-state index is 13.1. The number of nitrogens with zero attached hydrogens (tertiary/aromatic N) is 5. The summed E-state index contributed by atoms with van der Waals surface area (Å²) in [5.41, 5.74) is 5.99. The molecule has 0 bridgehead atoms. The van der Waals surface area contributed by atoms with Gasteiger partial charge in [0.1, 0.15) is 6.10 Å². The molecule has 1 aromatic heterocycles. The van der Waals surface area contributed by atoms with Crippen LogP contribution < -0.4 is 4.90 Å². The first-order valence-corrected chi connectivity index (χ1v) is 10.8. The van der Waals surface area contributed by atoms with E-state index in [2.05, 4.69) is 77.6 Å². The van der Waals surface area contributed by atoms with Crippen LogP contribution in [-0.2, 0) is 17.9 Å². The maximum absolute atomic E-state index is 13.1. The van der Waals surface area contributed by atoms with Crippen LogP contribution in [0.25, 0.3) is 0 Å². The van der Waals surface area contributed by atoms with Crippen molar-refractivity contribution in [1.82, 2.24) is 19.9 Å². The van der Waals surface area contributed by atoms with E-state index in [-0.39, 0.29) is 12.0 Å². The molecule has 2 aromatic carbocycles. The van der Waals surface area contributed by atoms with E-state index in [1.54, 1.807) is 0 Å². The number of hydrogen-bond donors (Lipinski definition) is 0. The van der Waals surface area contributed by atoms with E-state index in [1.165, 1.54) is 16.8 Å². The van der Waals surface area contributed by atoms with E-state index in [4.69, 9.17) is 4.74 Å². The molecule has 0 saturated carbocycles. The zero-order valence-corrected chi connectivity index (χ0v) is 18.0. The number of rotatable bonds is 3. The van der Waals surface area contributed by atoms with Crippen LogP contribution in [0.1, 0.15) is 39.0 Å².